The monoisotopic (exact) mass is 311 g/mol. The lowest BCUT2D eigenvalue weighted by molar-refractivity contribution is -0.137. The zero-order chi connectivity index (χ0) is 16.3. The molecule has 1 N–H and O–H groups in total. The molecule has 0 aliphatic rings. The molecule has 0 fully saturated rings. The van der Waals surface area contributed by atoms with E-state index in [1.54, 1.807) is 10.9 Å². The average molecular weight is 311 g/mol. The number of hydrogen-bond donors (Lipinski definition) is 1. The number of carbonyl (C=O) groups is 1. The first-order valence-corrected chi connectivity index (χ1v) is 6.74. The SMILES string of the molecule is Cc1ccn(C(C)CC(=O)Nc2cccc(C(F)(F)F)c2)n1. The van der Waals surface area contributed by atoms with Gasteiger partial charge in [-0.3, -0.25) is 9.48 Å². The van der Waals surface area contributed by atoms with Crippen LogP contribution in [0.5, 0.6) is 0 Å². The van der Waals surface area contributed by atoms with Crippen LogP contribution < -0.4 is 5.32 Å². The van der Waals surface area contributed by atoms with Crippen LogP contribution in [0.1, 0.15) is 30.6 Å². The molecule has 118 valence electrons. The van der Waals surface area contributed by atoms with Gasteiger partial charge in [0.15, 0.2) is 0 Å². The van der Waals surface area contributed by atoms with Crippen molar-refractivity contribution in [2.75, 3.05) is 5.32 Å². The van der Waals surface area contributed by atoms with Crippen LogP contribution in [-0.4, -0.2) is 15.7 Å². The standard InChI is InChI=1S/C15H16F3N3O/c1-10-6-7-21(20-10)11(2)8-14(22)19-13-5-3-4-12(9-13)15(16,17)18/h3-7,9,11H,8H2,1-2H3,(H,19,22). The molecule has 1 unspecified atom stereocenters. The molecule has 1 heterocycles. The number of amides is 1. The summed E-state index contributed by atoms with van der Waals surface area (Å²) in [6.45, 7) is 3.66. The Morgan fingerprint density at radius 3 is 2.68 bits per heavy atom. The summed E-state index contributed by atoms with van der Waals surface area (Å²) in [4.78, 5) is 11.9. The molecular formula is C15H16F3N3O. The second-order valence-electron chi connectivity index (χ2n) is 5.12. The van der Waals surface area contributed by atoms with Crippen LogP contribution in [0.4, 0.5) is 18.9 Å². The maximum absolute atomic E-state index is 12.6. The van der Waals surface area contributed by atoms with Crippen molar-refractivity contribution in [1.82, 2.24) is 9.78 Å². The van der Waals surface area contributed by atoms with Gasteiger partial charge in [0.05, 0.1) is 17.3 Å². The van der Waals surface area contributed by atoms with E-state index in [4.69, 9.17) is 0 Å². The Labute approximate surface area is 125 Å². The Balaban J connectivity index is 2.00. The fourth-order valence-electron chi connectivity index (χ4n) is 2.03. The normalized spacial score (nSPS) is 13.0. The third-order valence-electron chi connectivity index (χ3n) is 3.15. The van der Waals surface area contributed by atoms with Gasteiger partial charge in [-0.15, -0.1) is 0 Å². The van der Waals surface area contributed by atoms with Gasteiger partial charge in [-0.25, -0.2) is 0 Å². The molecule has 0 saturated heterocycles. The largest absolute Gasteiger partial charge is 0.416 e. The molecule has 2 rings (SSSR count). The van der Waals surface area contributed by atoms with Crippen molar-refractivity contribution in [3.8, 4) is 0 Å². The molecule has 1 amide bonds. The molecule has 2 aromatic rings. The Morgan fingerprint density at radius 1 is 1.36 bits per heavy atom. The minimum Gasteiger partial charge on any atom is -0.326 e. The first kappa shape index (κ1) is 16.1. The second-order valence-corrected chi connectivity index (χ2v) is 5.12. The van der Waals surface area contributed by atoms with E-state index in [-0.39, 0.29) is 24.1 Å². The molecule has 7 heteroatoms. The van der Waals surface area contributed by atoms with Crippen LogP contribution in [0.15, 0.2) is 36.5 Å². The van der Waals surface area contributed by atoms with E-state index in [2.05, 4.69) is 10.4 Å². The van der Waals surface area contributed by atoms with Crippen molar-refractivity contribution in [3.63, 3.8) is 0 Å². The van der Waals surface area contributed by atoms with Gasteiger partial charge in [0.1, 0.15) is 0 Å². The smallest absolute Gasteiger partial charge is 0.326 e. The van der Waals surface area contributed by atoms with Gasteiger partial charge < -0.3 is 5.32 Å². The summed E-state index contributed by atoms with van der Waals surface area (Å²) >= 11 is 0. The molecule has 4 nitrogen and oxygen atoms in total. The number of nitrogens with one attached hydrogen (secondary N) is 1. The minimum atomic E-state index is -4.43. The number of anilines is 1. The van der Waals surface area contributed by atoms with Crippen molar-refractivity contribution in [2.45, 2.75) is 32.5 Å². The topological polar surface area (TPSA) is 46.9 Å². The summed E-state index contributed by atoms with van der Waals surface area (Å²) < 4.78 is 39.5. The number of hydrogen-bond acceptors (Lipinski definition) is 2. The fraction of sp³-hybridized carbons (Fsp3) is 0.333. The van der Waals surface area contributed by atoms with Gasteiger partial charge in [-0.05, 0) is 38.1 Å². The number of benzene rings is 1. The molecule has 0 aliphatic heterocycles. The summed E-state index contributed by atoms with van der Waals surface area (Å²) in [7, 11) is 0. The third kappa shape index (κ3) is 4.09. The molecule has 0 aliphatic carbocycles. The Kier molecular flexibility index (Phi) is 4.54. The number of aryl methyl sites for hydroxylation is 1. The summed E-state index contributed by atoms with van der Waals surface area (Å²) in [5, 5.41) is 6.69. The van der Waals surface area contributed by atoms with Crippen LogP contribution in [0.3, 0.4) is 0 Å². The highest BCUT2D eigenvalue weighted by atomic mass is 19.4. The second kappa shape index (κ2) is 6.21. The lowest BCUT2D eigenvalue weighted by atomic mass is 10.2. The zero-order valence-corrected chi connectivity index (χ0v) is 12.2. The molecule has 0 saturated carbocycles. The summed E-state index contributed by atoms with van der Waals surface area (Å²) in [6, 6.07) is 6.21. The maximum atomic E-state index is 12.6. The van der Waals surface area contributed by atoms with Crippen molar-refractivity contribution in [1.29, 1.82) is 0 Å². The zero-order valence-electron chi connectivity index (χ0n) is 12.2. The number of nitrogens with zero attached hydrogens (tertiary/aromatic N) is 2. The van der Waals surface area contributed by atoms with Crippen molar-refractivity contribution in [3.05, 3.63) is 47.8 Å². The van der Waals surface area contributed by atoms with Crippen LogP contribution in [0.2, 0.25) is 0 Å². The predicted octanol–water partition coefficient (Wildman–Crippen LogP) is 3.80. The van der Waals surface area contributed by atoms with Gasteiger partial charge in [0.2, 0.25) is 5.91 Å². The quantitative estimate of drug-likeness (QED) is 0.933. The average Bonchev–Trinajstić information content (AvgIpc) is 2.84. The number of carbonyl (C=O) groups excluding carboxylic acids is 1. The molecule has 0 spiro atoms. The lowest BCUT2D eigenvalue weighted by Gasteiger charge is -2.13. The van der Waals surface area contributed by atoms with E-state index in [1.807, 2.05) is 19.9 Å². The van der Waals surface area contributed by atoms with E-state index < -0.39 is 11.7 Å². The highest BCUT2D eigenvalue weighted by Gasteiger charge is 2.30. The number of rotatable bonds is 4. The summed E-state index contributed by atoms with van der Waals surface area (Å²) in [5.74, 6) is -0.361. The van der Waals surface area contributed by atoms with Gasteiger partial charge in [-0.1, -0.05) is 6.07 Å². The minimum absolute atomic E-state index is 0.122. The number of halogens is 3. The van der Waals surface area contributed by atoms with E-state index in [0.717, 1.165) is 17.8 Å². The van der Waals surface area contributed by atoms with Crippen LogP contribution in [-0.2, 0) is 11.0 Å². The van der Waals surface area contributed by atoms with Gasteiger partial charge in [-0.2, -0.15) is 18.3 Å². The predicted molar refractivity (Wildman–Crippen MR) is 76.4 cm³/mol. The van der Waals surface area contributed by atoms with E-state index >= 15 is 0 Å². The van der Waals surface area contributed by atoms with E-state index in [0.29, 0.717) is 0 Å². The Morgan fingerprint density at radius 2 is 2.09 bits per heavy atom. The third-order valence-corrected chi connectivity index (χ3v) is 3.15. The highest BCUT2D eigenvalue weighted by molar-refractivity contribution is 5.91. The molecule has 1 aromatic carbocycles. The number of aromatic nitrogens is 2. The fourth-order valence-corrected chi connectivity index (χ4v) is 2.03. The Hall–Kier alpha value is -2.31. The van der Waals surface area contributed by atoms with Crippen molar-refractivity contribution >= 4 is 11.6 Å². The van der Waals surface area contributed by atoms with Crippen LogP contribution in [0, 0.1) is 6.92 Å². The van der Waals surface area contributed by atoms with Crippen LogP contribution >= 0.6 is 0 Å². The van der Waals surface area contributed by atoms with Crippen molar-refractivity contribution in [2.24, 2.45) is 0 Å². The first-order valence-electron chi connectivity index (χ1n) is 6.74. The maximum Gasteiger partial charge on any atom is 0.416 e. The summed E-state index contributed by atoms with van der Waals surface area (Å²) in [6.07, 6.45) is -2.55. The van der Waals surface area contributed by atoms with Crippen molar-refractivity contribution < 1.29 is 18.0 Å². The summed E-state index contributed by atoms with van der Waals surface area (Å²) in [5.41, 5.74) is 0.176. The van der Waals surface area contributed by atoms with Crippen LogP contribution in [0.25, 0.3) is 0 Å². The number of alkyl halides is 3. The molecule has 1 atom stereocenters. The van der Waals surface area contributed by atoms with Gasteiger partial charge in [0, 0.05) is 18.3 Å². The Bertz CT molecular complexity index is 664. The molecule has 0 radical (unpaired) electrons. The molecule has 0 bridgehead atoms. The van der Waals surface area contributed by atoms with Gasteiger partial charge in [0.25, 0.3) is 0 Å². The first-order chi connectivity index (χ1) is 10.3. The molecular weight excluding hydrogens is 295 g/mol. The van der Waals surface area contributed by atoms with E-state index in [9.17, 15) is 18.0 Å². The molecule has 1 aromatic heterocycles. The highest BCUT2D eigenvalue weighted by Crippen LogP contribution is 2.30. The van der Waals surface area contributed by atoms with E-state index in [1.165, 1.54) is 12.1 Å². The lowest BCUT2D eigenvalue weighted by Crippen LogP contribution is -2.18. The van der Waals surface area contributed by atoms with Gasteiger partial charge >= 0.3 is 6.18 Å². The molecule has 22 heavy (non-hydrogen) atoms.